The predicted molar refractivity (Wildman–Crippen MR) is 89.2 cm³/mol. The zero-order chi connectivity index (χ0) is 15.8. The monoisotopic (exact) mass is 307 g/mol. The smallest absolute Gasteiger partial charge is 0.193 e. The van der Waals surface area contributed by atoms with E-state index in [2.05, 4.69) is 28.4 Å². The second-order valence-electron chi connectivity index (χ2n) is 5.67. The second kappa shape index (κ2) is 8.78. The average Bonchev–Trinajstić information content (AvgIpc) is 3.14. The molecule has 2 heterocycles. The van der Waals surface area contributed by atoms with E-state index in [1.54, 1.807) is 0 Å². The molecule has 0 radical (unpaired) electrons. The van der Waals surface area contributed by atoms with Crippen molar-refractivity contribution in [1.29, 1.82) is 0 Å². The molecule has 1 aliphatic rings. The number of nitrogens with one attached hydrogen (secondary N) is 1. The summed E-state index contributed by atoms with van der Waals surface area (Å²) in [6, 6.07) is 0. The lowest BCUT2D eigenvalue weighted by Crippen LogP contribution is -2.40. The molecule has 0 aromatic carbocycles. The van der Waals surface area contributed by atoms with E-state index < -0.39 is 0 Å². The van der Waals surface area contributed by atoms with Crippen molar-refractivity contribution < 1.29 is 4.74 Å². The molecule has 1 aromatic rings. The minimum atomic E-state index is 0.556. The molecule has 1 unspecified atom stereocenters. The summed E-state index contributed by atoms with van der Waals surface area (Å²) in [5.41, 5.74) is 1.33. The molecule has 1 atom stereocenters. The number of hydrogen-bond donors (Lipinski definition) is 1. The first-order valence-corrected chi connectivity index (χ1v) is 8.34. The van der Waals surface area contributed by atoms with Gasteiger partial charge < -0.3 is 15.0 Å². The Labute approximate surface area is 133 Å². The Morgan fingerprint density at radius 1 is 1.50 bits per heavy atom. The molecule has 1 aliphatic heterocycles. The van der Waals surface area contributed by atoms with Crippen LogP contribution in [0, 0.1) is 0 Å². The van der Waals surface area contributed by atoms with E-state index in [1.165, 1.54) is 5.56 Å². The second-order valence-corrected chi connectivity index (χ2v) is 5.67. The van der Waals surface area contributed by atoms with Crippen LogP contribution >= 0.6 is 0 Å². The van der Waals surface area contributed by atoms with Crippen molar-refractivity contribution in [2.45, 2.75) is 32.6 Å². The highest BCUT2D eigenvalue weighted by Gasteiger charge is 2.26. The lowest BCUT2D eigenvalue weighted by Gasteiger charge is -2.21. The fourth-order valence-corrected chi connectivity index (χ4v) is 2.80. The predicted octanol–water partition coefficient (Wildman–Crippen LogP) is 1.60. The molecule has 1 saturated heterocycles. The molecule has 0 saturated carbocycles. The zero-order valence-electron chi connectivity index (χ0n) is 14.1. The lowest BCUT2D eigenvalue weighted by molar-refractivity contribution is 0.146. The van der Waals surface area contributed by atoms with E-state index in [-0.39, 0.29) is 0 Å². The normalized spacial score (nSPS) is 19.0. The number of nitrogens with zero attached hydrogens (tertiary/aromatic N) is 4. The first-order valence-electron chi connectivity index (χ1n) is 8.34. The highest BCUT2D eigenvalue weighted by atomic mass is 16.5. The van der Waals surface area contributed by atoms with E-state index in [9.17, 15) is 0 Å². The molecule has 1 aromatic heterocycles. The fraction of sp³-hybridized carbons (Fsp3) is 0.750. The van der Waals surface area contributed by atoms with Crippen molar-refractivity contribution in [2.24, 2.45) is 12.0 Å². The fourth-order valence-electron chi connectivity index (χ4n) is 2.80. The van der Waals surface area contributed by atoms with Crippen LogP contribution in [0.15, 0.2) is 17.4 Å². The van der Waals surface area contributed by atoms with E-state index >= 15 is 0 Å². The van der Waals surface area contributed by atoms with Crippen molar-refractivity contribution in [3.8, 4) is 0 Å². The standard InChI is InChI=1S/C16H29N5O/c1-4-17-16(18-8-6-10-22-5-2)21-9-7-14(13-21)15-11-19-20(3)12-15/h11-12,14H,4-10,13H2,1-3H3,(H,17,18). The number of guanidine groups is 1. The van der Waals surface area contributed by atoms with E-state index in [1.807, 2.05) is 24.9 Å². The summed E-state index contributed by atoms with van der Waals surface area (Å²) in [6.45, 7) is 9.50. The van der Waals surface area contributed by atoms with Gasteiger partial charge in [-0.05, 0) is 32.3 Å². The Hall–Kier alpha value is -1.56. The average molecular weight is 307 g/mol. The van der Waals surface area contributed by atoms with E-state index in [0.717, 1.165) is 58.2 Å². The van der Waals surface area contributed by atoms with Crippen molar-refractivity contribution in [2.75, 3.05) is 39.4 Å². The minimum Gasteiger partial charge on any atom is -0.382 e. The summed E-state index contributed by atoms with van der Waals surface area (Å²) < 4.78 is 7.25. The van der Waals surface area contributed by atoms with Crippen molar-refractivity contribution in [3.05, 3.63) is 18.0 Å². The van der Waals surface area contributed by atoms with Gasteiger partial charge in [0.2, 0.25) is 0 Å². The molecule has 6 nitrogen and oxygen atoms in total. The zero-order valence-corrected chi connectivity index (χ0v) is 14.1. The highest BCUT2D eigenvalue weighted by molar-refractivity contribution is 5.80. The summed E-state index contributed by atoms with van der Waals surface area (Å²) in [5.74, 6) is 1.59. The molecule has 2 rings (SSSR count). The highest BCUT2D eigenvalue weighted by Crippen LogP contribution is 2.26. The SMILES string of the molecule is CCNC(=NCCCOCC)N1CCC(c2cnn(C)c2)C1. The molecule has 6 heteroatoms. The molecule has 22 heavy (non-hydrogen) atoms. The first kappa shape index (κ1) is 16.8. The number of rotatable bonds is 7. The number of aromatic nitrogens is 2. The number of hydrogen-bond acceptors (Lipinski definition) is 3. The summed E-state index contributed by atoms with van der Waals surface area (Å²) in [4.78, 5) is 7.09. The molecule has 1 N–H and O–H groups in total. The Morgan fingerprint density at radius 2 is 2.36 bits per heavy atom. The lowest BCUT2D eigenvalue weighted by atomic mass is 10.0. The van der Waals surface area contributed by atoms with Crippen LogP contribution < -0.4 is 5.32 Å². The van der Waals surface area contributed by atoms with Gasteiger partial charge in [0.1, 0.15) is 0 Å². The summed E-state index contributed by atoms with van der Waals surface area (Å²) in [7, 11) is 1.97. The number of aliphatic imine (C=N–C) groups is 1. The molecular formula is C16H29N5O. The van der Waals surface area contributed by atoms with Crippen LogP contribution in [0.25, 0.3) is 0 Å². The molecular weight excluding hydrogens is 278 g/mol. The van der Waals surface area contributed by atoms with Gasteiger partial charge in [0, 0.05) is 58.6 Å². The van der Waals surface area contributed by atoms with Gasteiger partial charge in [0.15, 0.2) is 5.96 Å². The Balaban J connectivity index is 1.88. The van der Waals surface area contributed by atoms with Gasteiger partial charge in [-0.25, -0.2) is 0 Å². The van der Waals surface area contributed by atoms with Crippen LogP contribution in [0.3, 0.4) is 0 Å². The van der Waals surface area contributed by atoms with Gasteiger partial charge >= 0.3 is 0 Å². The van der Waals surface area contributed by atoms with Gasteiger partial charge in [0.25, 0.3) is 0 Å². The Morgan fingerprint density at radius 3 is 3.05 bits per heavy atom. The van der Waals surface area contributed by atoms with Crippen molar-refractivity contribution >= 4 is 5.96 Å². The van der Waals surface area contributed by atoms with E-state index in [4.69, 9.17) is 9.73 Å². The third-order valence-electron chi connectivity index (χ3n) is 3.93. The summed E-state index contributed by atoms with van der Waals surface area (Å²) in [6.07, 6.45) is 6.25. The van der Waals surface area contributed by atoms with Gasteiger partial charge in [-0.1, -0.05) is 0 Å². The largest absolute Gasteiger partial charge is 0.382 e. The molecule has 0 spiro atoms. The minimum absolute atomic E-state index is 0.556. The molecule has 0 bridgehead atoms. The summed E-state index contributed by atoms with van der Waals surface area (Å²) in [5, 5.41) is 7.69. The van der Waals surface area contributed by atoms with Crippen LogP contribution in [-0.4, -0.2) is 60.0 Å². The maximum atomic E-state index is 5.37. The topological polar surface area (TPSA) is 54.7 Å². The summed E-state index contributed by atoms with van der Waals surface area (Å²) >= 11 is 0. The van der Waals surface area contributed by atoms with E-state index in [0.29, 0.717) is 5.92 Å². The van der Waals surface area contributed by atoms with Crippen molar-refractivity contribution in [1.82, 2.24) is 20.0 Å². The third kappa shape index (κ3) is 4.73. The van der Waals surface area contributed by atoms with Gasteiger partial charge in [-0.15, -0.1) is 0 Å². The van der Waals surface area contributed by atoms with Crippen LogP contribution in [0.2, 0.25) is 0 Å². The molecule has 0 aliphatic carbocycles. The Kier molecular flexibility index (Phi) is 6.71. The number of ether oxygens (including phenoxy) is 1. The molecule has 0 amide bonds. The van der Waals surface area contributed by atoms with Crippen LogP contribution in [-0.2, 0) is 11.8 Å². The maximum Gasteiger partial charge on any atom is 0.193 e. The first-order chi connectivity index (χ1) is 10.7. The van der Waals surface area contributed by atoms with Gasteiger partial charge in [-0.3, -0.25) is 9.67 Å². The number of likely N-dealkylation sites (tertiary alicyclic amines) is 1. The quantitative estimate of drug-likeness (QED) is 0.472. The van der Waals surface area contributed by atoms with Crippen LogP contribution in [0.4, 0.5) is 0 Å². The molecule has 124 valence electrons. The van der Waals surface area contributed by atoms with Crippen LogP contribution in [0.5, 0.6) is 0 Å². The molecule has 1 fully saturated rings. The Bertz CT molecular complexity index is 471. The third-order valence-corrected chi connectivity index (χ3v) is 3.93. The maximum absolute atomic E-state index is 5.37. The van der Waals surface area contributed by atoms with Crippen molar-refractivity contribution in [3.63, 3.8) is 0 Å². The van der Waals surface area contributed by atoms with Gasteiger partial charge in [0.05, 0.1) is 6.20 Å². The van der Waals surface area contributed by atoms with Crippen LogP contribution in [0.1, 0.15) is 38.2 Å². The van der Waals surface area contributed by atoms with Gasteiger partial charge in [-0.2, -0.15) is 5.10 Å². The number of aryl methyl sites for hydroxylation is 1.